The van der Waals surface area contributed by atoms with Crippen molar-refractivity contribution in [3.05, 3.63) is 38.0 Å². The minimum atomic E-state index is -0.497. The smallest absolute Gasteiger partial charge is 0.341 e. The highest BCUT2D eigenvalue weighted by Crippen LogP contribution is 2.38. The lowest BCUT2D eigenvalue weighted by Crippen LogP contribution is -2.18. The van der Waals surface area contributed by atoms with Crippen LogP contribution in [-0.4, -0.2) is 33.2 Å². The highest BCUT2D eigenvalue weighted by Gasteiger charge is 2.27. The van der Waals surface area contributed by atoms with E-state index in [0.717, 1.165) is 42.5 Å². The number of nitrogens with zero attached hydrogens (tertiary/aromatic N) is 3. The number of aromatic nitrogens is 2. The standard InChI is InChI=1S/C19H24N4O5S/c1-3-10-28-19(25)17-13-6-4-5-7-15(13)29-18(17)21-16(24)8-9-22-12(2)14(11-20-22)23(26)27/h11H,3-10H2,1-2H3,(H,21,24). The highest BCUT2D eigenvalue weighted by atomic mass is 32.1. The van der Waals surface area contributed by atoms with E-state index in [1.54, 1.807) is 6.92 Å². The largest absolute Gasteiger partial charge is 0.462 e. The van der Waals surface area contributed by atoms with E-state index >= 15 is 0 Å². The fourth-order valence-electron chi connectivity index (χ4n) is 3.37. The number of nitro groups is 1. The Morgan fingerprint density at radius 3 is 2.83 bits per heavy atom. The molecule has 156 valence electrons. The molecule has 2 heterocycles. The summed E-state index contributed by atoms with van der Waals surface area (Å²) in [6, 6.07) is 0. The highest BCUT2D eigenvalue weighted by molar-refractivity contribution is 7.17. The van der Waals surface area contributed by atoms with Crippen LogP contribution in [0.1, 0.15) is 59.1 Å². The zero-order valence-electron chi connectivity index (χ0n) is 16.5. The molecule has 0 spiro atoms. The van der Waals surface area contributed by atoms with Crippen LogP contribution in [0.3, 0.4) is 0 Å². The second-order valence-electron chi connectivity index (χ2n) is 6.94. The molecular formula is C19H24N4O5S. The Morgan fingerprint density at radius 1 is 1.38 bits per heavy atom. The van der Waals surface area contributed by atoms with Crippen molar-refractivity contribution < 1.29 is 19.2 Å². The van der Waals surface area contributed by atoms with E-state index in [1.165, 1.54) is 22.2 Å². The normalized spacial score (nSPS) is 13.0. The molecule has 0 bridgehead atoms. The van der Waals surface area contributed by atoms with Gasteiger partial charge in [0.15, 0.2) is 0 Å². The van der Waals surface area contributed by atoms with Gasteiger partial charge in [0.05, 0.1) is 23.6 Å². The van der Waals surface area contributed by atoms with Crippen molar-refractivity contribution >= 4 is 33.9 Å². The van der Waals surface area contributed by atoms with Crippen molar-refractivity contribution in [2.45, 2.75) is 58.9 Å². The molecule has 1 aliphatic rings. The fraction of sp³-hybridized carbons (Fsp3) is 0.526. The molecule has 0 atom stereocenters. The molecule has 0 saturated heterocycles. The van der Waals surface area contributed by atoms with Gasteiger partial charge in [-0.15, -0.1) is 11.3 Å². The van der Waals surface area contributed by atoms with E-state index < -0.39 is 4.92 Å². The van der Waals surface area contributed by atoms with Crippen LogP contribution in [0.4, 0.5) is 10.7 Å². The number of anilines is 1. The third-order valence-electron chi connectivity index (χ3n) is 4.89. The van der Waals surface area contributed by atoms with Crippen molar-refractivity contribution in [2.75, 3.05) is 11.9 Å². The molecule has 0 aliphatic heterocycles. The first-order chi connectivity index (χ1) is 13.9. The van der Waals surface area contributed by atoms with Crippen molar-refractivity contribution in [1.29, 1.82) is 0 Å². The van der Waals surface area contributed by atoms with Crippen LogP contribution < -0.4 is 5.32 Å². The zero-order valence-corrected chi connectivity index (χ0v) is 17.3. The third-order valence-corrected chi connectivity index (χ3v) is 6.10. The number of amides is 1. The van der Waals surface area contributed by atoms with Gasteiger partial charge in [-0.1, -0.05) is 6.92 Å². The lowest BCUT2D eigenvalue weighted by molar-refractivity contribution is -0.385. The van der Waals surface area contributed by atoms with Crippen LogP contribution in [0.15, 0.2) is 6.20 Å². The molecule has 29 heavy (non-hydrogen) atoms. The first-order valence-corrected chi connectivity index (χ1v) is 10.5. The van der Waals surface area contributed by atoms with E-state index in [4.69, 9.17) is 4.74 Å². The van der Waals surface area contributed by atoms with Crippen molar-refractivity contribution in [3.63, 3.8) is 0 Å². The number of esters is 1. The van der Waals surface area contributed by atoms with Gasteiger partial charge < -0.3 is 10.1 Å². The number of thiophene rings is 1. The molecule has 0 fully saturated rings. The molecule has 0 aromatic carbocycles. The Hall–Kier alpha value is -2.75. The summed E-state index contributed by atoms with van der Waals surface area (Å²) in [5.41, 5.74) is 1.81. The average Bonchev–Trinajstić information content (AvgIpc) is 3.24. The molecule has 0 unspecified atom stereocenters. The molecular weight excluding hydrogens is 396 g/mol. The van der Waals surface area contributed by atoms with Crippen LogP contribution >= 0.6 is 11.3 Å². The summed E-state index contributed by atoms with van der Waals surface area (Å²) >= 11 is 1.44. The van der Waals surface area contributed by atoms with Crippen LogP contribution in [-0.2, 0) is 28.9 Å². The summed E-state index contributed by atoms with van der Waals surface area (Å²) in [5.74, 6) is -0.661. The number of carbonyl (C=O) groups excluding carboxylic acids is 2. The summed E-state index contributed by atoms with van der Waals surface area (Å²) in [6.45, 7) is 4.08. The van der Waals surface area contributed by atoms with Crippen molar-refractivity contribution in [1.82, 2.24) is 9.78 Å². The van der Waals surface area contributed by atoms with Crippen LogP contribution in [0.5, 0.6) is 0 Å². The minimum Gasteiger partial charge on any atom is -0.462 e. The number of hydrogen-bond acceptors (Lipinski definition) is 7. The van der Waals surface area contributed by atoms with Gasteiger partial charge in [0, 0.05) is 11.3 Å². The Labute approximate surface area is 172 Å². The summed E-state index contributed by atoms with van der Waals surface area (Å²) < 4.78 is 6.77. The monoisotopic (exact) mass is 420 g/mol. The quantitative estimate of drug-likeness (QED) is 0.396. The maximum atomic E-state index is 12.6. The summed E-state index contributed by atoms with van der Waals surface area (Å²) in [6.07, 6.45) is 5.81. The molecule has 1 N–H and O–H groups in total. The minimum absolute atomic E-state index is 0.0719. The molecule has 9 nitrogen and oxygen atoms in total. The number of nitrogens with one attached hydrogen (secondary N) is 1. The SMILES string of the molecule is CCCOC(=O)c1c(NC(=O)CCn2ncc([N+](=O)[O-])c2C)sc2c1CCCC2. The number of ether oxygens (including phenoxy) is 1. The van der Waals surface area contributed by atoms with Gasteiger partial charge in [0.25, 0.3) is 0 Å². The van der Waals surface area contributed by atoms with Crippen LogP contribution in [0, 0.1) is 17.0 Å². The van der Waals surface area contributed by atoms with Gasteiger partial charge in [0.1, 0.15) is 16.9 Å². The summed E-state index contributed by atoms with van der Waals surface area (Å²) in [4.78, 5) is 36.6. The fourth-order valence-corrected chi connectivity index (χ4v) is 4.67. The maximum absolute atomic E-state index is 12.6. The molecule has 1 aliphatic carbocycles. The van der Waals surface area contributed by atoms with E-state index in [2.05, 4.69) is 10.4 Å². The predicted octanol–water partition coefficient (Wildman–Crippen LogP) is 3.64. The number of hydrogen-bond donors (Lipinski definition) is 1. The molecule has 2 aromatic heterocycles. The Bertz CT molecular complexity index is 933. The molecule has 3 rings (SSSR count). The van der Waals surface area contributed by atoms with Gasteiger partial charge in [-0.05, 0) is 44.6 Å². The number of fused-ring (bicyclic) bond motifs is 1. The molecule has 2 aromatic rings. The van der Waals surface area contributed by atoms with E-state index in [-0.39, 0.29) is 30.5 Å². The van der Waals surface area contributed by atoms with Gasteiger partial charge >= 0.3 is 11.7 Å². The van der Waals surface area contributed by atoms with Gasteiger partial charge in [-0.25, -0.2) is 4.79 Å². The summed E-state index contributed by atoms with van der Waals surface area (Å²) in [5, 5.41) is 18.3. The van der Waals surface area contributed by atoms with Crippen LogP contribution in [0.2, 0.25) is 0 Å². The first-order valence-electron chi connectivity index (χ1n) is 9.70. The van der Waals surface area contributed by atoms with Gasteiger partial charge in [-0.3, -0.25) is 19.6 Å². The van der Waals surface area contributed by atoms with Gasteiger partial charge in [0.2, 0.25) is 5.91 Å². The van der Waals surface area contributed by atoms with Crippen LogP contribution in [0.25, 0.3) is 0 Å². The van der Waals surface area contributed by atoms with Crippen molar-refractivity contribution in [3.8, 4) is 0 Å². The topological polar surface area (TPSA) is 116 Å². The number of carbonyl (C=O) groups is 2. The number of rotatable bonds is 8. The third kappa shape index (κ3) is 4.64. The molecule has 1 amide bonds. The molecule has 0 radical (unpaired) electrons. The Morgan fingerprint density at radius 2 is 2.14 bits per heavy atom. The van der Waals surface area contributed by atoms with E-state index in [0.29, 0.717) is 22.9 Å². The van der Waals surface area contributed by atoms with Crippen molar-refractivity contribution in [2.24, 2.45) is 0 Å². The van der Waals surface area contributed by atoms with E-state index in [9.17, 15) is 19.7 Å². The Kier molecular flexibility index (Phi) is 6.63. The average molecular weight is 420 g/mol. The first kappa shape index (κ1) is 21.0. The molecule has 0 saturated carbocycles. The predicted molar refractivity (Wildman–Crippen MR) is 108 cm³/mol. The molecule has 10 heteroatoms. The van der Waals surface area contributed by atoms with E-state index in [1.807, 2.05) is 6.92 Å². The summed E-state index contributed by atoms with van der Waals surface area (Å²) in [7, 11) is 0. The second kappa shape index (κ2) is 9.17. The lowest BCUT2D eigenvalue weighted by atomic mass is 9.95. The lowest BCUT2D eigenvalue weighted by Gasteiger charge is -2.12. The number of aryl methyl sites for hydroxylation is 2. The second-order valence-corrected chi connectivity index (χ2v) is 8.05. The van der Waals surface area contributed by atoms with Gasteiger partial charge in [-0.2, -0.15) is 5.10 Å². The maximum Gasteiger partial charge on any atom is 0.341 e. The Balaban J connectivity index is 1.72. The zero-order chi connectivity index (χ0) is 21.0.